The van der Waals surface area contributed by atoms with Gasteiger partial charge in [-0.25, -0.2) is 0 Å². The summed E-state index contributed by atoms with van der Waals surface area (Å²) >= 11 is 3.26. The number of benzene rings is 2. The lowest BCUT2D eigenvalue weighted by atomic mass is 10.1. The molecule has 3 N–H and O–H groups in total. The molecule has 0 fully saturated rings. The highest BCUT2D eigenvalue weighted by molar-refractivity contribution is 9.10. The zero-order chi connectivity index (χ0) is 19.9. The Bertz CT molecular complexity index is 973. The molecule has 0 spiro atoms. The van der Waals surface area contributed by atoms with Crippen LogP contribution >= 0.6 is 15.9 Å². The van der Waals surface area contributed by atoms with Gasteiger partial charge in [-0.2, -0.15) is 0 Å². The number of rotatable bonds is 7. The molecule has 8 heteroatoms. The van der Waals surface area contributed by atoms with Gasteiger partial charge in [0.15, 0.2) is 11.5 Å². The summed E-state index contributed by atoms with van der Waals surface area (Å²) in [6, 6.07) is 15.6. The molecule has 2 amide bonds. The average molecular weight is 444 g/mol. The lowest BCUT2D eigenvalue weighted by Crippen LogP contribution is -2.30. The van der Waals surface area contributed by atoms with Gasteiger partial charge < -0.3 is 20.3 Å². The summed E-state index contributed by atoms with van der Waals surface area (Å²) < 4.78 is 5.90. The van der Waals surface area contributed by atoms with Gasteiger partial charge in [0.1, 0.15) is 5.75 Å². The maximum atomic E-state index is 12.1. The first-order valence-electron chi connectivity index (χ1n) is 8.61. The van der Waals surface area contributed by atoms with Gasteiger partial charge in [0.2, 0.25) is 0 Å². The van der Waals surface area contributed by atoms with Crippen molar-refractivity contribution in [1.82, 2.24) is 15.8 Å². The molecule has 1 heterocycles. The Hall–Kier alpha value is -3.13. The van der Waals surface area contributed by atoms with Crippen molar-refractivity contribution < 1.29 is 19.2 Å². The predicted octanol–water partition coefficient (Wildman–Crippen LogP) is 3.36. The molecule has 28 heavy (non-hydrogen) atoms. The van der Waals surface area contributed by atoms with Crippen LogP contribution in [0.1, 0.15) is 27.3 Å². The second-order valence-electron chi connectivity index (χ2n) is 5.97. The summed E-state index contributed by atoms with van der Waals surface area (Å²) in [5.41, 5.74) is 1.23. The van der Waals surface area contributed by atoms with Crippen molar-refractivity contribution in [3.8, 4) is 17.1 Å². The first kappa shape index (κ1) is 19.6. The van der Waals surface area contributed by atoms with Crippen molar-refractivity contribution >= 4 is 27.7 Å². The Morgan fingerprint density at radius 1 is 1.00 bits per heavy atom. The van der Waals surface area contributed by atoms with Crippen molar-refractivity contribution in [3.63, 3.8) is 0 Å². The van der Waals surface area contributed by atoms with Crippen LogP contribution in [0.25, 0.3) is 11.3 Å². The first-order valence-corrected chi connectivity index (χ1v) is 9.41. The Labute approximate surface area is 169 Å². The Balaban J connectivity index is 1.43. The van der Waals surface area contributed by atoms with Gasteiger partial charge in [0, 0.05) is 29.2 Å². The van der Waals surface area contributed by atoms with Gasteiger partial charge in [0.05, 0.1) is 5.56 Å². The van der Waals surface area contributed by atoms with E-state index in [1.807, 2.05) is 30.3 Å². The maximum absolute atomic E-state index is 12.1. The number of hydrogen-bond donors (Lipinski definition) is 3. The Morgan fingerprint density at radius 3 is 2.46 bits per heavy atom. The van der Waals surface area contributed by atoms with Gasteiger partial charge in [0.25, 0.3) is 11.8 Å². The largest absolute Gasteiger partial charge is 0.507 e. The lowest BCUT2D eigenvalue weighted by molar-refractivity contribution is 0.0944. The van der Waals surface area contributed by atoms with E-state index in [4.69, 9.17) is 4.52 Å². The molecule has 0 atom stereocenters. The minimum Gasteiger partial charge on any atom is -0.507 e. The van der Waals surface area contributed by atoms with Crippen molar-refractivity contribution in [2.45, 2.75) is 6.42 Å². The Morgan fingerprint density at radius 2 is 1.71 bits per heavy atom. The molecule has 0 aliphatic rings. The summed E-state index contributed by atoms with van der Waals surface area (Å²) in [7, 11) is 0. The topological polar surface area (TPSA) is 104 Å². The number of aromatic hydroxyl groups is 1. The van der Waals surface area contributed by atoms with Gasteiger partial charge in [-0.15, -0.1) is 0 Å². The van der Waals surface area contributed by atoms with Crippen LogP contribution in [0.2, 0.25) is 0 Å². The van der Waals surface area contributed by atoms with Crippen LogP contribution in [-0.4, -0.2) is 35.2 Å². The van der Waals surface area contributed by atoms with Gasteiger partial charge in [-0.3, -0.25) is 9.59 Å². The normalized spacial score (nSPS) is 10.5. The molecular formula is C20H18BrN3O4. The summed E-state index contributed by atoms with van der Waals surface area (Å²) in [5, 5.41) is 19.0. The highest BCUT2D eigenvalue weighted by Crippen LogP contribution is 2.21. The number of nitrogens with one attached hydrogen (secondary N) is 2. The van der Waals surface area contributed by atoms with E-state index in [9.17, 15) is 14.7 Å². The molecule has 2 aromatic carbocycles. The standard InChI is InChI=1S/C20H18BrN3O4/c21-14-7-8-17(25)15(11-14)19(26)22-9-4-10-23-20(27)16-12-18(28-24-16)13-5-2-1-3-6-13/h1-3,5-8,11-12,25H,4,9-10H2,(H,22,26)(H,23,27). The van der Waals surface area contributed by atoms with Crippen LogP contribution in [0.15, 0.2) is 63.6 Å². The molecule has 3 rings (SSSR count). The van der Waals surface area contributed by atoms with E-state index < -0.39 is 0 Å². The Kier molecular flexibility index (Phi) is 6.44. The number of hydrogen-bond acceptors (Lipinski definition) is 5. The van der Waals surface area contributed by atoms with E-state index in [1.54, 1.807) is 18.2 Å². The zero-order valence-electron chi connectivity index (χ0n) is 14.8. The predicted molar refractivity (Wildman–Crippen MR) is 107 cm³/mol. The summed E-state index contributed by atoms with van der Waals surface area (Å²) in [6.45, 7) is 0.705. The van der Waals surface area contributed by atoms with Crippen LogP contribution in [0, 0.1) is 0 Å². The minimum atomic E-state index is -0.380. The SMILES string of the molecule is O=C(NCCCNC(=O)c1cc(Br)ccc1O)c1cc(-c2ccccc2)on1. The molecule has 0 radical (unpaired) electrons. The molecule has 0 aliphatic heterocycles. The van der Waals surface area contributed by atoms with E-state index in [-0.39, 0.29) is 28.8 Å². The third kappa shape index (κ3) is 4.98. The van der Waals surface area contributed by atoms with Crippen LogP contribution < -0.4 is 10.6 Å². The quantitative estimate of drug-likeness (QED) is 0.485. The van der Waals surface area contributed by atoms with Crippen molar-refractivity contribution in [3.05, 3.63) is 70.3 Å². The van der Waals surface area contributed by atoms with Crippen LogP contribution in [0.4, 0.5) is 0 Å². The molecular weight excluding hydrogens is 426 g/mol. The molecule has 0 unspecified atom stereocenters. The van der Waals surface area contributed by atoms with Gasteiger partial charge in [-0.1, -0.05) is 51.4 Å². The fourth-order valence-corrected chi connectivity index (χ4v) is 2.85. The van der Waals surface area contributed by atoms with Crippen molar-refractivity contribution in [2.75, 3.05) is 13.1 Å². The third-order valence-corrected chi connectivity index (χ3v) is 4.42. The molecule has 7 nitrogen and oxygen atoms in total. The van der Waals surface area contributed by atoms with Gasteiger partial charge in [-0.05, 0) is 24.6 Å². The molecule has 144 valence electrons. The molecule has 0 saturated carbocycles. The van der Waals surface area contributed by atoms with E-state index >= 15 is 0 Å². The molecule has 0 aliphatic carbocycles. The number of halogens is 1. The maximum Gasteiger partial charge on any atom is 0.273 e. The fourth-order valence-electron chi connectivity index (χ4n) is 2.49. The molecule has 0 saturated heterocycles. The number of nitrogens with zero attached hydrogens (tertiary/aromatic N) is 1. The number of phenols is 1. The van der Waals surface area contributed by atoms with Gasteiger partial charge >= 0.3 is 0 Å². The molecule has 3 aromatic rings. The summed E-state index contributed by atoms with van der Waals surface area (Å²) in [5.74, 6) is -0.294. The number of phenolic OH excluding ortho intramolecular Hbond substituents is 1. The third-order valence-electron chi connectivity index (χ3n) is 3.93. The number of carbonyl (C=O) groups excluding carboxylic acids is 2. The van der Waals surface area contributed by atoms with Crippen LogP contribution in [0.5, 0.6) is 5.75 Å². The first-order chi connectivity index (χ1) is 13.5. The minimum absolute atomic E-state index is 0.0887. The highest BCUT2D eigenvalue weighted by Gasteiger charge is 2.14. The average Bonchev–Trinajstić information content (AvgIpc) is 3.20. The van der Waals surface area contributed by atoms with E-state index in [1.165, 1.54) is 6.07 Å². The van der Waals surface area contributed by atoms with E-state index in [2.05, 4.69) is 31.7 Å². The van der Waals surface area contributed by atoms with Crippen molar-refractivity contribution in [2.24, 2.45) is 0 Å². The van der Waals surface area contributed by atoms with Crippen molar-refractivity contribution in [1.29, 1.82) is 0 Å². The fraction of sp³-hybridized carbons (Fsp3) is 0.150. The monoisotopic (exact) mass is 443 g/mol. The lowest BCUT2D eigenvalue weighted by Gasteiger charge is -2.07. The molecule has 1 aromatic heterocycles. The van der Waals surface area contributed by atoms with Crippen LogP contribution in [0.3, 0.4) is 0 Å². The second-order valence-corrected chi connectivity index (χ2v) is 6.88. The highest BCUT2D eigenvalue weighted by atomic mass is 79.9. The number of amides is 2. The number of carbonyl (C=O) groups is 2. The number of aromatic nitrogens is 1. The zero-order valence-corrected chi connectivity index (χ0v) is 16.4. The van der Waals surface area contributed by atoms with Crippen LogP contribution in [-0.2, 0) is 0 Å². The summed E-state index contributed by atoms with van der Waals surface area (Å²) in [4.78, 5) is 24.2. The summed E-state index contributed by atoms with van der Waals surface area (Å²) in [6.07, 6.45) is 0.523. The van der Waals surface area contributed by atoms with E-state index in [0.717, 1.165) is 5.56 Å². The smallest absolute Gasteiger partial charge is 0.273 e. The molecule has 0 bridgehead atoms. The second kappa shape index (κ2) is 9.18. The van der Waals surface area contributed by atoms with E-state index in [0.29, 0.717) is 29.7 Å².